The molecule has 2 aromatic heterocycles. The van der Waals surface area contributed by atoms with Crippen LogP contribution in [0.3, 0.4) is 0 Å². The fourth-order valence-electron chi connectivity index (χ4n) is 3.71. The third-order valence-electron chi connectivity index (χ3n) is 5.83. The van der Waals surface area contributed by atoms with E-state index < -0.39 is 11.7 Å². The van der Waals surface area contributed by atoms with Crippen LogP contribution >= 0.6 is 0 Å². The molecule has 2 amide bonds. The number of halogens is 1. The lowest BCUT2D eigenvalue weighted by atomic mass is 10.1. The predicted octanol–water partition coefficient (Wildman–Crippen LogP) is 3.77. The highest BCUT2D eigenvalue weighted by Crippen LogP contribution is 2.19. The van der Waals surface area contributed by atoms with E-state index in [0.717, 1.165) is 17.0 Å². The van der Waals surface area contributed by atoms with Crippen LogP contribution in [0.1, 0.15) is 43.6 Å². The van der Waals surface area contributed by atoms with Gasteiger partial charge in [0.15, 0.2) is 5.82 Å². The Bertz CT molecular complexity index is 1340. The second kappa shape index (κ2) is 10.9. The topological polar surface area (TPSA) is 114 Å². The Balaban J connectivity index is 1.29. The maximum Gasteiger partial charge on any atom is 0.257 e. The molecule has 0 aliphatic heterocycles. The van der Waals surface area contributed by atoms with Gasteiger partial charge in [-0.25, -0.2) is 4.39 Å². The van der Waals surface area contributed by atoms with Crippen LogP contribution in [-0.4, -0.2) is 52.1 Å². The molecule has 0 bridgehead atoms. The molecule has 4 rings (SSSR count). The van der Waals surface area contributed by atoms with Gasteiger partial charge in [0.05, 0.1) is 11.3 Å². The summed E-state index contributed by atoms with van der Waals surface area (Å²) in [6.45, 7) is 4.48. The Labute approximate surface area is 207 Å². The first-order valence-electron chi connectivity index (χ1n) is 11.5. The normalized spacial score (nSPS) is 10.9. The average Bonchev–Trinajstić information content (AvgIpc) is 3.49. The van der Waals surface area contributed by atoms with E-state index >= 15 is 0 Å². The number of nitrogens with zero attached hydrogens (tertiary/aromatic N) is 4. The Morgan fingerprint density at radius 3 is 2.44 bits per heavy atom. The number of amides is 2. The van der Waals surface area contributed by atoms with Gasteiger partial charge in [0.25, 0.3) is 17.7 Å². The quantitative estimate of drug-likeness (QED) is 0.379. The lowest BCUT2D eigenvalue weighted by Gasteiger charge is -2.16. The van der Waals surface area contributed by atoms with Crippen LogP contribution in [-0.2, 0) is 12.8 Å². The zero-order valence-electron chi connectivity index (χ0n) is 20.2. The Morgan fingerprint density at radius 1 is 1.00 bits per heavy atom. The first-order chi connectivity index (χ1) is 17.3. The van der Waals surface area contributed by atoms with Crippen molar-refractivity contribution in [2.24, 2.45) is 0 Å². The van der Waals surface area contributed by atoms with Gasteiger partial charge in [0, 0.05) is 43.2 Å². The molecule has 0 radical (unpaired) electrons. The molecule has 186 valence electrons. The second-order valence-electron chi connectivity index (χ2n) is 8.36. The molecule has 0 aliphatic carbocycles. The smallest absolute Gasteiger partial charge is 0.257 e. The number of hydrogen-bond donors (Lipinski definition) is 1. The number of carbonyl (C=O) groups excluding carboxylic acids is 2. The Hall–Kier alpha value is -4.34. The van der Waals surface area contributed by atoms with Gasteiger partial charge >= 0.3 is 0 Å². The molecule has 1 N–H and O–H groups in total. The molecule has 0 spiro atoms. The predicted molar refractivity (Wildman–Crippen MR) is 129 cm³/mol. The summed E-state index contributed by atoms with van der Waals surface area (Å²) in [6.07, 6.45) is 0.975. The van der Waals surface area contributed by atoms with Crippen molar-refractivity contribution in [3.8, 4) is 11.5 Å². The lowest BCUT2D eigenvalue weighted by Crippen LogP contribution is -2.29. The molecule has 2 heterocycles. The summed E-state index contributed by atoms with van der Waals surface area (Å²) in [4.78, 5) is 30.7. The number of rotatable bonds is 9. The van der Waals surface area contributed by atoms with Gasteiger partial charge in [-0.3, -0.25) is 9.59 Å². The molecular weight excluding hydrogens is 465 g/mol. The third-order valence-corrected chi connectivity index (χ3v) is 5.83. The Kier molecular flexibility index (Phi) is 7.53. The van der Waals surface area contributed by atoms with E-state index in [1.807, 2.05) is 13.8 Å². The molecule has 0 atom stereocenters. The van der Waals surface area contributed by atoms with Crippen molar-refractivity contribution in [3.63, 3.8) is 0 Å². The zero-order chi connectivity index (χ0) is 25.7. The second-order valence-corrected chi connectivity index (χ2v) is 8.36. The van der Waals surface area contributed by atoms with Gasteiger partial charge in [-0.2, -0.15) is 4.98 Å². The van der Waals surface area contributed by atoms with E-state index in [4.69, 9.17) is 9.05 Å². The monoisotopic (exact) mass is 491 g/mol. The molecule has 2 aromatic carbocycles. The van der Waals surface area contributed by atoms with E-state index in [2.05, 4.69) is 20.6 Å². The number of nitrogens with one attached hydrogen (secondary N) is 1. The van der Waals surface area contributed by atoms with Gasteiger partial charge in [-0.05, 0) is 56.7 Å². The highest BCUT2D eigenvalue weighted by Gasteiger charge is 2.17. The largest absolute Gasteiger partial charge is 0.361 e. The van der Waals surface area contributed by atoms with Crippen molar-refractivity contribution < 1.29 is 23.0 Å². The maximum absolute atomic E-state index is 13.9. The van der Waals surface area contributed by atoms with Crippen LogP contribution in [0.2, 0.25) is 0 Å². The first-order valence-corrected chi connectivity index (χ1v) is 11.5. The van der Waals surface area contributed by atoms with Crippen molar-refractivity contribution in [2.75, 3.05) is 20.1 Å². The molecule has 0 fully saturated rings. The van der Waals surface area contributed by atoms with Crippen molar-refractivity contribution >= 4 is 11.8 Å². The summed E-state index contributed by atoms with van der Waals surface area (Å²) >= 11 is 0. The fraction of sp³-hybridized carbons (Fsp3) is 0.269. The van der Waals surface area contributed by atoms with Crippen LogP contribution in [0.5, 0.6) is 0 Å². The minimum atomic E-state index is -0.561. The highest BCUT2D eigenvalue weighted by molar-refractivity contribution is 5.95. The summed E-state index contributed by atoms with van der Waals surface area (Å²) in [6, 6.07) is 12.7. The number of benzene rings is 2. The summed E-state index contributed by atoms with van der Waals surface area (Å²) in [5.74, 6) is 0.305. The Morgan fingerprint density at radius 2 is 1.75 bits per heavy atom. The summed E-state index contributed by atoms with van der Waals surface area (Å²) < 4.78 is 24.3. The van der Waals surface area contributed by atoms with E-state index in [-0.39, 0.29) is 11.5 Å². The fourth-order valence-corrected chi connectivity index (χ4v) is 3.71. The van der Waals surface area contributed by atoms with Gasteiger partial charge in [-0.1, -0.05) is 22.4 Å². The minimum Gasteiger partial charge on any atom is -0.361 e. The highest BCUT2D eigenvalue weighted by atomic mass is 19.1. The molecule has 0 saturated carbocycles. The summed E-state index contributed by atoms with van der Waals surface area (Å²) in [5.41, 5.74) is 3.01. The van der Waals surface area contributed by atoms with Gasteiger partial charge in [0.1, 0.15) is 11.6 Å². The van der Waals surface area contributed by atoms with Crippen molar-refractivity contribution in [3.05, 3.63) is 88.3 Å². The van der Waals surface area contributed by atoms with Crippen LogP contribution < -0.4 is 5.32 Å². The molecule has 4 aromatic rings. The van der Waals surface area contributed by atoms with E-state index in [9.17, 15) is 14.0 Å². The van der Waals surface area contributed by atoms with Crippen LogP contribution in [0.4, 0.5) is 4.39 Å². The molecule has 10 heteroatoms. The minimum absolute atomic E-state index is 0.0154. The molecule has 36 heavy (non-hydrogen) atoms. The van der Waals surface area contributed by atoms with Crippen molar-refractivity contribution in [1.82, 2.24) is 25.5 Å². The van der Waals surface area contributed by atoms with Crippen molar-refractivity contribution in [2.45, 2.75) is 26.7 Å². The maximum atomic E-state index is 13.9. The number of hydrogen-bond acceptors (Lipinski definition) is 7. The van der Waals surface area contributed by atoms with E-state index in [1.165, 1.54) is 23.1 Å². The molecule has 0 saturated heterocycles. The molecule has 0 aliphatic rings. The van der Waals surface area contributed by atoms with Crippen LogP contribution in [0.15, 0.2) is 57.6 Å². The summed E-state index contributed by atoms with van der Waals surface area (Å²) in [5, 5.41) is 10.8. The van der Waals surface area contributed by atoms with E-state index in [0.29, 0.717) is 48.8 Å². The number of aromatic nitrogens is 3. The number of carbonyl (C=O) groups is 2. The number of aryl methyl sites for hydroxylation is 2. The van der Waals surface area contributed by atoms with Crippen molar-refractivity contribution in [1.29, 1.82) is 0 Å². The zero-order valence-corrected chi connectivity index (χ0v) is 20.2. The van der Waals surface area contributed by atoms with Gasteiger partial charge < -0.3 is 19.3 Å². The molecular formula is C26H26FN5O4. The SMILES string of the molecule is Cc1noc(C)c1CCNC(=O)c1ccc(-c2nc(CCN(C)C(=O)c3ccccc3F)no2)cc1. The molecule has 9 nitrogen and oxygen atoms in total. The summed E-state index contributed by atoms with van der Waals surface area (Å²) in [7, 11) is 1.59. The van der Waals surface area contributed by atoms with E-state index in [1.54, 1.807) is 37.4 Å². The molecule has 0 unspecified atom stereocenters. The first kappa shape index (κ1) is 24.8. The van der Waals surface area contributed by atoms with Crippen LogP contribution in [0, 0.1) is 19.7 Å². The standard InChI is InChI=1S/C26H26FN5O4/c1-16-20(17(2)35-30-16)12-14-28-24(33)18-8-10-19(11-9-18)25-29-23(31-36-25)13-15-32(3)26(34)21-6-4-5-7-22(21)27/h4-11H,12-15H2,1-3H3,(H,28,33). The van der Waals surface area contributed by atoms with Gasteiger partial charge in [-0.15, -0.1) is 0 Å². The van der Waals surface area contributed by atoms with Crippen LogP contribution in [0.25, 0.3) is 11.5 Å². The number of likely N-dealkylation sites (N-methyl/N-ethyl adjacent to an activating group) is 1. The average molecular weight is 492 g/mol. The third kappa shape index (κ3) is 5.65. The van der Waals surface area contributed by atoms with Gasteiger partial charge in [0.2, 0.25) is 0 Å². The lowest BCUT2D eigenvalue weighted by molar-refractivity contribution is 0.0790.